The summed E-state index contributed by atoms with van der Waals surface area (Å²) in [6, 6.07) is 58.8. The average Bonchev–Trinajstić information content (AvgIpc) is 3.42. The first-order valence-electron chi connectivity index (χ1n) is 20.1. The predicted octanol–water partition coefficient (Wildman–Crippen LogP) is 13.8. The Morgan fingerprint density at radius 2 is 1.25 bits per heavy atom. The van der Waals surface area contributed by atoms with Gasteiger partial charge in [0.2, 0.25) is 5.95 Å². The summed E-state index contributed by atoms with van der Waals surface area (Å²) in [5.41, 5.74) is 14.4. The first kappa shape index (κ1) is 36.4. The molecule has 1 aliphatic carbocycles. The molecule has 6 nitrogen and oxygen atoms in total. The van der Waals surface area contributed by atoms with Gasteiger partial charge < -0.3 is 5.32 Å². The van der Waals surface area contributed by atoms with Gasteiger partial charge in [-0.3, -0.25) is 9.56 Å². The number of hydrogen-bond donors (Lipinski definition) is 1. The first-order chi connectivity index (χ1) is 29.6. The van der Waals surface area contributed by atoms with Crippen LogP contribution in [-0.4, -0.2) is 26.2 Å². The van der Waals surface area contributed by atoms with Crippen LogP contribution in [0.2, 0.25) is 0 Å². The summed E-state index contributed by atoms with van der Waals surface area (Å²) in [7, 11) is 0. The van der Waals surface area contributed by atoms with Crippen molar-refractivity contribution in [2.75, 3.05) is 5.32 Å². The van der Waals surface area contributed by atoms with Crippen LogP contribution in [0.15, 0.2) is 199 Å². The molecule has 1 N–H and O–H groups in total. The van der Waals surface area contributed by atoms with Gasteiger partial charge in [0.15, 0.2) is 11.6 Å². The minimum absolute atomic E-state index is 0.526. The number of aliphatic imine (C=N–C) groups is 1. The molecule has 0 bridgehead atoms. The van der Waals surface area contributed by atoms with Crippen molar-refractivity contribution in [1.82, 2.24) is 19.5 Å². The largest absolute Gasteiger partial charge is 0.353 e. The third-order valence-electron chi connectivity index (χ3n) is 11.2. The van der Waals surface area contributed by atoms with Gasteiger partial charge in [0.05, 0.1) is 22.4 Å². The van der Waals surface area contributed by atoms with Crippen molar-refractivity contribution in [2.24, 2.45) is 4.99 Å². The topological polar surface area (TPSA) is 68.0 Å². The molecule has 0 saturated heterocycles. The molecule has 286 valence electrons. The lowest BCUT2D eigenvalue weighted by molar-refractivity contribution is 0.927. The maximum absolute atomic E-state index is 5.32. The Morgan fingerprint density at radius 1 is 0.567 bits per heavy atom. The number of anilines is 2. The lowest BCUT2D eigenvalue weighted by Gasteiger charge is -2.16. The summed E-state index contributed by atoms with van der Waals surface area (Å²) in [6.45, 7) is 6.14. The van der Waals surface area contributed by atoms with E-state index < -0.39 is 0 Å². The molecular weight excluding hydrogens is 733 g/mol. The van der Waals surface area contributed by atoms with Crippen LogP contribution < -0.4 is 5.32 Å². The number of aromatic nitrogens is 4. The van der Waals surface area contributed by atoms with E-state index in [1.165, 1.54) is 16.7 Å². The molecule has 2 aromatic heterocycles. The Balaban J connectivity index is 1.16. The highest BCUT2D eigenvalue weighted by atomic mass is 15.2. The van der Waals surface area contributed by atoms with Crippen molar-refractivity contribution < 1.29 is 0 Å². The lowest BCUT2D eigenvalue weighted by atomic mass is 9.99. The van der Waals surface area contributed by atoms with E-state index in [4.69, 9.17) is 15.0 Å². The fourth-order valence-electron chi connectivity index (χ4n) is 8.14. The Bertz CT molecular complexity index is 3170. The van der Waals surface area contributed by atoms with Crippen molar-refractivity contribution in [3.05, 3.63) is 211 Å². The smallest absolute Gasteiger partial charge is 0.238 e. The van der Waals surface area contributed by atoms with Gasteiger partial charge in [-0.2, -0.15) is 9.97 Å². The standard InChI is InChI=1S/C54H40N6/c1-36-17-9-10-26-43(36)44-27-11-13-29-47(44)56-49-35-51-46(34-48(49)55-2)45-28-12-14-30-50(45)60(51)54-58-52(40-23-15-22-39(31-32-40)37-18-5-3-6-19-37)57-53(59-54)42-25-16-24-41(33-42)38-20-7-4-8-21-38/h3-31,33-35,56H,2,32H2,1H3. The first-order valence-corrected chi connectivity index (χ1v) is 20.1. The number of allylic oxidation sites excluding steroid dienone is 6. The van der Waals surface area contributed by atoms with E-state index in [1.54, 1.807) is 0 Å². The second kappa shape index (κ2) is 15.8. The fourth-order valence-corrected chi connectivity index (χ4v) is 8.14. The van der Waals surface area contributed by atoms with Crippen LogP contribution in [0.25, 0.3) is 72.5 Å². The van der Waals surface area contributed by atoms with E-state index in [-0.39, 0.29) is 0 Å². The monoisotopic (exact) mass is 772 g/mol. The molecule has 0 radical (unpaired) electrons. The zero-order chi connectivity index (χ0) is 40.4. The summed E-state index contributed by atoms with van der Waals surface area (Å²) in [5, 5.41) is 5.84. The maximum atomic E-state index is 5.32. The highest BCUT2D eigenvalue weighted by Gasteiger charge is 2.21. The maximum Gasteiger partial charge on any atom is 0.238 e. The van der Waals surface area contributed by atoms with Crippen molar-refractivity contribution >= 4 is 56.7 Å². The van der Waals surface area contributed by atoms with Crippen LogP contribution >= 0.6 is 0 Å². The highest BCUT2D eigenvalue weighted by Crippen LogP contribution is 2.41. The van der Waals surface area contributed by atoms with Crippen LogP contribution in [0, 0.1) is 6.92 Å². The molecule has 0 spiro atoms. The third kappa shape index (κ3) is 6.90. The molecule has 1 aliphatic rings. The number of benzene rings is 7. The SMILES string of the molecule is C=Nc1cc2c3ccccc3n(-c3nc(C4=CC=CC(c5ccccc5)=CC4)nc(-c4cccc(-c5ccccc5)c4)n3)c2cc1Nc1ccccc1-c1ccccc1C. The fraction of sp³-hybridized carbons (Fsp3) is 0.0370. The van der Waals surface area contributed by atoms with Crippen molar-refractivity contribution in [2.45, 2.75) is 13.3 Å². The number of nitrogens with zero attached hydrogens (tertiary/aromatic N) is 5. The number of aryl methyl sites for hydroxylation is 1. The molecule has 0 atom stereocenters. The van der Waals surface area contributed by atoms with Crippen LogP contribution in [0.3, 0.4) is 0 Å². The van der Waals surface area contributed by atoms with Crippen LogP contribution in [0.5, 0.6) is 0 Å². The van der Waals surface area contributed by atoms with Gasteiger partial charge in [0, 0.05) is 33.2 Å². The molecular formula is C54H40N6. The minimum Gasteiger partial charge on any atom is -0.353 e. The molecule has 0 unspecified atom stereocenters. The molecule has 10 rings (SSSR count). The van der Waals surface area contributed by atoms with Crippen LogP contribution in [-0.2, 0) is 0 Å². The van der Waals surface area contributed by atoms with E-state index in [9.17, 15) is 0 Å². The van der Waals surface area contributed by atoms with Crippen LogP contribution in [0.1, 0.15) is 23.4 Å². The van der Waals surface area contributed by atoms with Gasteiger partial charge in [-0.1, -0.05) is 164 Å². The van der Waals surface area contributed by atoms with Gasteiger partial charge in [0.1, 0.15) is 0 Å². The number of nitrogens with one attached hydrogen (secondary N) is 1. The van der Waals surface area contributed by atoms with E-state index in [2.05, 4.69) is 211 Å². The number of para-hydroxylation sites is 2. The molecule has 9 aromatic rings. The summed E-state index contributed by atoms with van der Waals surface area (Å²) >= 11 is 0. The van der Waals surface area contributed by atoms with Gasteiger partial charge in [-0.15, -0.1) is 0 Å². The Morgan fingerprint density at radius 3 is 2.07 bits per heavy atom. The van der Waals surface area contributed by atoms with Crippen molar-refractivity contribution in [3.63, 3.8) is 0 Å². The van der Waals surface area contributed by atoms with Gasteiger partial charge in [0.25, 0.3) is 0 Å². The van der Waals surface area contributed by atoms with Gasteiger partial charge >= 0.3 is 0 Å². The molecule has 0 fully saturated rings. The number of fused-ring (bicyclic) bond motifs is 3. The Kier molecular flexibility index (Phi) is 9.56. The third-order valence-corrected chi connectivity index (χ3v) is 11.2. The molecule has 7 aromatic carbocycles. The van der Waals surface area contributed by atoms with Gasteiger partial charge in [-0.25, -0.2) is 4.98 Å². The predicted molar refractivity (Wildman–Crippen MR) is 250 cm³/mol. The molecule has 0 aliphatic heterocycles. The lowest BCUT2D eigenvalue weighted by Crippen LogP contribution is -2.08. The summed E-state index contributed by atoms with van der Waals surface area (Å²) < 4.78 is 2.16. The molecule has 0 amide bonds. The molecule has 0 saturated carbocycles. The van der Waals surface area contributed by atoms with Crippen molar-refractivity contribution in [1.29, 1.82) is 0 Å². The quantitative estimate of drug-likeness (QED) is 0.148. The van der Waals surface area contributed by atoms with Crippen LogP contribution in [0.4, 0.5) is 17.1 Å². The zero-order valence-electron chi connectivity index (χ0n) is 33.1. The summed E-state index contributed by atoms with van der Waals surface area (Å²) in [4.78, 5) is 20.4. The molecule has 6 heteroatoms. The second-order valence-electron chi connectivity index (χ2n) is 14.9. The van der Waals surface area contributed by atoms with E-state index in [0.29, 0.717) is 24.0 Å². The average molecular weight is 773 g/mol. The Hall–Kier alpha value is -7.96. The van der Waals surface area contributed by atoms with Gasteiger partial charge in [-0.05, 0) is 83.8 Å². The van der Waals surface area contributed by atoms with E-state index in [1.807, 2.05) is 12.1 Å². The van der Waals surface area contributed by atoms with Crippen molar-refractivity contribution in [3.8, 4) is 39.6 Å². The Labute approximate surface area is 349 Å². The number of hydrogen-bond acceptors (Lipinski definition) is 5. The summed E-state index contributed by atoms with van der Waals surface area (Å²) in [5.74, 6) is 1.74. The second-order valence-corrected chi connectivity index (χ2v) is 14.9. The number of rotatable bonds is 9. The molecule has 2 heterocycles. The zero-order valence-corrected chi connectivity index (χ0v) is 33.1. The summed E-state index contributed by atoms with van der Waals surface area (Å²) in [6.07, 6.45) is 9.27. The molecule has 60 heavy (non-hydrogen) atoms. The van der Waals surface area contributed by atoms with E-state index >= 15 is 0 Å². The highest BCUT2D eigenvalue weighted by molar-refractivity contribution is 6.12. The normalized spacial score (nSPS) is 12.6. The minimum atomic E-state index is 0.526. The van der Waals surface area contributed by atoms with E-state index in [0.717, 1.165) is 72.3 Å².